The van der Waals surface area contributed by atoms with Crippen molar-refractivity contribution in [2.24, 2.45) is 0 Å². The van der Waals surface area contributed by atoms with Gasteiger partial charge in [-0.05, 0) is 0 Å². The van der Waals surface area contributed by atoms with Gasteiger partial charge >= 0.3 is 159 Å². The van der Waals surface area contributed by atoms with Crippen molar-refractivity contribution in [3.05, 3.63) is 89.5 Å². The number of carbonyl (C=O) groups is 3. The van der Waals surface area contributed by atoms with Crippen LogP contribution in [0.3, 0.4) is 0 Å². The Kier molecular flexibility index (Phi) is 4.75. The Morgan fingerprint density at radius 2 is 1.07 bits per heavy atom. The quantitative estimate of drug-likeness (QED) is 0.594. The summed E-state index contributed by atoms with van der Waals surface area (Å²) in [6.07, 6.45) is 0. The summed E-state index contributed by atoms with van der Waals surface area (Å²) in [5.74, 6) is -2.48. The Hall–Kier alpha value is -3.58. The molecule has 9 heteroatoms. The summed E-state index contributed by atoms with van der Waals surface area (Å²) >= 11 is 0. The maximum absolute atomic E-state index is 12.9. The maximum atomic E-state index is 12.9. The van der Waals surface area contributed by atoms with Crippen LogP contribution in [0.5, 0.6) is 0 Å². The predicted molar refractivity (Wildman–Crippen MR) is 110 cm³/mol. The monoisotopic (exact) mass is 428 g/mol. The normalized spacial score (nSPS) is 17.8. The van der Waals surface area contributed by atoms with Crippen molar-refractivity contribution in [3.63, 3.8) is 0 Å². The molecule has 3 aromatic rings. The van der Waals surface area contributed by atoms with Gasteiger partial charge in [0.05, 0.1) is 0 Å². The van der Waals surface area contributed by atoms with Crippen molar-refractivity contribution < 1.29 is 39.5 Å². The van der Waals surface area contributed by atoms with Crippen LogP contribution in [-0.4, -0.2) is 34.0 Å². The molecule has 0 aromatic heterocycles. The summed E-state index contributed by atoms with van der Waals surface area (Å²) in [5.41, 5.74) is 0.462. The molecule has 0 radical (unpaired) electrons. The third-order valence-electron chi connectivity index (χ3n) is 5.21. The standard InChI is InChI=1S/C21H13O6P.2H2O/c22-19(23)13-7-1-4-10-16(13)28(17-11-5-2-8-14(17)20(24)26-28)18-12-6-3-9-15(18)21(25)27-28;;/h1-12H,(H,22,23);2*1H2. The van der Waals surface area contributed by atoms with E-state index in [1.807, 2.05) is 0 Å². The zero-order valence-corrected chi connectivity index (χ0v) is 16.3. The number of hydrogen-bond acceptors (Lipinski definition) is 5. The molecule has 0 saturated carbocycles. The van der Waals surface area contributed by atoms with Crippen LogP contribution in [0.2, 0.25) is 0 Å². The van der Waals surface area contributed by atoms with E-state index in [4.69, 9.17) is 9.05 Å². The van der Waals surface area contributed by atoms with Crippen molar-refractivity contribution in [1.29, 1.82) is 0 Å². The average Bonchev–Trinajstić information content (AvgIpc) is 3.13. The Bertz CT molecular complexity index is 1150. The molecule has 2 aliphatic rings. The number of carboxylic acids is 1. The second kappa shape index (κ2) is 6.74. The summed E-state index contributed by atoms with van der Waals surface area (Å²) in [4.78, 5) is 37.8. The number of rotatable bonds is 2. The van der Waals surface area contributed by atoms with Crippen LogP contribution in [0.1, 0.15) is 31.1 Å². The van der Waals surface area contributed by atoms with Crippen molar-refractivity contribution in [2.45, 2.75) is 0 Å². The first-order valence-electron chi connectivity index (χ1n) is 8.51. The average molecular weight is 428 g/mol. The fraction of sp³-hybridized carbons (Fsp3) is 0. The van der Waals surface area contributed by atoms with Gasteiger partial charge in [0.1, 0.15) is 0 Å². The van der Waals surface area contributed by atoms with E-state index in [2.05, 4.69) is 0 Å². The van der Waals surface area contributed by atoms with Gasteiger partial charge in [-0.2, -0.15) is 0 Å². The molecular weight excluding hydrogens is 411 g/mol. The number of carboxylic acid groups (broad SMARTS) is 1. The van der Waals surface area contributed by atoms with Crippen LogP contribution >= 0.6 is 7.06 Å². The van der Waals surface area contributed by atoms with Crippen molar-refractivity contribution in [2.75, 3.05) is 0 Å². The van der Waals surface area contributed by atoms with E-state index < -0.39 is 25.0 Å². The topological polar surface area (TPSA) is 153 Å². The number of carbonyl (C=O) groups excluding carboxylic acids is 2. The first kappa shape index (κ1) is 21.1. The van der Waals surface area contributed by atoms with Crippen LogP contribution in [0.4, 0.5) is 0 Å². The second-order valence-electron chi connectivity index (χ2n) is 6.57. The van der Waals surface area contributed by atoms with Crippen molar-refractivity contribution in [1.82, 2.24) is 0 Å². The molecule has 0 atom stereocenters. The molecule has 0 aliphatic carbocycles. The summed E-state index contributed by atoms with van der Waals surface area (Å²) in [5, 5.41) is 10.8. The van der Waals surface area contributed by atoms with Crippen LogP contribution in [0, 0.1) is 0 Å². The van der Waals surface area contributed by atoms with Crippen molar-refractivity contribution in [3.8, 4) is 0 Å². The van der Waals surface area contributed by atoms with Crippen LogP contribution in [0.15, 0.2) is 72.8 Å². The molecule has 154 valence electrons. The molecule has 0 bridgehead atoms. The molecule has 8 nitrogen and oxygen atoms in total. The molecule has 5 rings (SSSR count). The molecule has 2 heterocycles. The van der Waals surface area contributed by atoms with Crippen LogP contribution in [-0.2, 0) is 9.05 Å². The van der Waals surface area contributed by atoms with Crippen LogP contribution < -0.4 is 15.9 Å². The second-order valence-corrected chi connectivity index (χ2v) is 10.3. The molecule has 30 heavy (non-hydrogen) atoms. The van der Waals surface area contributed by atoms with Gasteiger partial charge in [-0.3, -0.25) is 0 Å². The van der Waals surface area contributed by atoms with Gasteiger partial charge in [0, 0.05) is 0 Å². The van der Waals surface area contributed by atoms with E-state index in [-0.39, 0.29) is 32.9 Å². The third kappa shape index (κ3) is 2.23. The number of benzene rings is 3. The van der Waals surface area contributed by atoms with Gasteiger partial charge in [-0.1, -0.05) is 0 Å². The molecule has 1 spiro atoms. The minimum absolute atomic E-state index is 0. The fourth-order valence-electron chi connectivity index (χ4n) is 4.13. The first-order valence-corrected chi connectivity index (χ1v) is 10.6. The predicted octanol–water partition coefficient (Wildman–Crippen LogP) is 0.736. The molecule has 5 N–H and O–H groups in total. The summed E-state index contributed by atoms with van der Waals surface area (Å²) in [7, 11) is -4.57. The summed E-state index contributed by atoms with van der Waals surface area (Å²) in [6, 6.07) is 19.5. The van der Waals surface area contributed by atoms with Gasteiger partial charge < -0.3 is 11.0 Å². The van der Waals surface area contributed by atoms with E-state index in [1.54, 1.807) is 66.7 Å². The zero-order valence-electron chi connectivity index (χ0n) is 15.4. The van der Waals surface area contributed by atoms with Crippen molar-refractivity contribution >= 4 is 40.9 Å². The van der Waals surface area contributed by atoms with E-state index in [9.17, 15) is 19.5 Å². The summed E-state index contributed by atoms with van der Waals surface area (Å²) in [6.45, 7) is 0. The van der Waals surface area contributed by atoms with Crippen LogP contribution in [0.25, 0.3) is 0 Å². The van der Waals surface area contributed by atoms with Gasteiger partial charge in [0.2, 0.25) is 0 Å². The Balaban J connectivity index is 0.00000128. The Morgan fingerprint density at radius 3 is 1.53 bits per heavy atom. The fourth-order valence-corrected chi connectivity index (χ4v) is 9.25. The molecule has 0 saturated heterocycles. The number of fused-ring (bicyclic) bond motifs is 4. The molecule has 0 unspecified atom stereocenters. The SMILES string of the molecule is O.O.O=C(O)c1ccccc1P12(OC(=O)c3ccccc31)OC(=O)c1ccccc12. The molecule has 0 fully saturated rings. The van der Waals surface area contributed by atoms with Gasteiger partial charge in [-0.15, -0.1) is 0 Å². The van der Waals surface area contributed by atoms with Gasteiger partial charge in [0.15, 0.2) is 0 Å². The molecule has 3 aromatic carbocycles. The Labute approximate surface area is 170 Å². The van der Waals surface area contributed by atoms with E-state index in [1.165, 1.54) is 6.07 Å². The van der Waals surface area contributed by atoms with E-state index >= 15 is 0 Å². The molecule has 2 aliphatic heterocycles. The van der Waals surface area contributed by atoms with E-state index in [0.717, 1.165) is 0 Å². The van der Waals surface area contributed by atoms with Gasteiger partial charge in [0.25, 0.3) is 0 Å². The Morgan fingerprint density at radius 1 is 0.667 bits per heavy atom. The first-order chi connectivity index (χ1) is 13.5. The van der Waals surface area contributed by atoms with E-state index in [0.29, 0.717) is 10.6 Å². The number of aromatic carboxylic acids is 1. The molecular formula is C21H17O8P. The number of hydrogen-bond donors (Lipinski definition) is 1. The minimum atomic E-state index is -4.57. The third-order valence-corrected chi connectivity index (χ3v) is 10.0. The molecule has 0 amide bonds. The zero-order chi connectivity index (χ0) is 19.5. The summed E-state index contributed by atoms with van der Waals surface area (Å²) < 4.78 is 12.1. The van der Waals surface area contributed by atoms with Gasteiger partial charge in [-0.25, -0.2) is 0 Å².